The molecule has 0 radical (unpaired) electrons. The summed E-state index contributed by atoms with van der Waals surface area (Å²) in [6.45, 7) is 0. The first kappa shape index (κ1) is 13.5. The molecule has 4 heteroatoms. The number of anilines is 1. The molecule has 1 heterocycles. The summed E-state index contributed by atoms with van der Waals surface area (Å²) in [6.07, 6.45) is 0.642. The van der Waals surface area contributed by atoms with Crippen LogP contribution < -0.4 is 14.8 Å². The van der Waals surface area contributed by atoms with E-state index in [0.29, 0.717) is 17.9 Å². The Kier molecular flexibility index (Phi) is 3.52. The molecule has 1 amide bonds. The second kappa shape index (κ2) is 5.48. The molecule has 0 fully saturated rings. The first-order chi connectivity index (χ1) is 10.2. The molecule has 0 aliphatic carbocycles. The zero-order valence-electron chi connectivity index (χ0n) is 12.1. The molecular weight excluding hydrogens is 266 g/mol. The summed E-state index contributed by atoms with van der Waals surface area (Å²) >= 11 is 0. The van der Waals surface area contributed by atoms with Crippen molar-refractivity contribution in [2.45, 2.75) is 12.3 Å². The molecule has 1 aliphatic rings. The van der Waals surface area contributed by atoms with Gasteiger partial charge in [0.15, 0.2) is 11.5 Å². The zero-order valence-corrected chi connectivity index (χ0v) is 12.1. The standard InChI is InChI=1S/C17H17NO3/c1-20-15-8-7-11(10-16(15)21-2)9-13-12-5-3-4-6-14(12)18-17(13)19/h3-8,10,13H,9H2,1-2H3,(H,18,19). The van der Waals surface area contributed by atoms with Crippen LogP contribution in [0.15, 0.2) is 42.5 Å². The van der Waals surface area contributed by atoms with Gasteiger partial charge in [0.1, 0.15) is 0 Å². The fourth-order valence-corrected chi connectivity index (χ4v) is 2.72. The Labute approximate surface area is 123 Å². The highest BCUT2D eigenvalue weighted by Crippen LogP contribution is 2.36. The Balaban J connectivity index is 1.89. The maximum Gasteiger partial charge on any atom is 0.232 e. The van der Waals surface area contributed by atoms with Gasteiger partial charge in [0.2, 0.25) is 5.91 Å². The van der Waals surface area contributed by atoms with Crippen molar-refractivity contribution in [1.82, 2.24) is 0 Å². The van der Waals surface area contributed by atoms with E-state index >= 15 is 0 Å². The van der Waals surface area contributed by atoms with Gasteiger partial charge in [0, 0.05) is 5.69 Å². The Morgan fingerprint density at radius 3 is 2.57 bits per heavy atom. The molecule has 21 heavy (non-hydrogen) atoms. The SMILES string of the molecule is COc1ccc(CC2C(=O)Nc3ccccc32)cc1OC. The van der Waals surface area contributed by atoms with E-state index in [1.807, 2.05) is 42.5 Å². The fourth-order valence-electron chi connectivity index (χ4n) is 2.72. The second-order valence-corrected chi connectivity index (χ2v) is 5.02. The van der Waals surface area contributed by atoms with Gasteiger partial charge in [-0.1, -0.05) is 24.3 Å². The topological polar surface area (TPSA) is 47.6 Å². The molecule has 1 atom stereocenters. The van der Waals surface area contributed by atoms with Crippen LogP contribution in [-0.2, 0) is 11.2 Å². The summed E-state index contributed by atoms with van der Waals surface area (Å²) in [5.41, 5.74) is 3.01. The lowest BCUT2D eigenvalue weighted by Crippen LogP contribution is -2.14. The van der Waals surface area contributed by atoms with Crippen LogP contribution in [0.3, 0.4) is 0 Å². The number of amides is 1. The van der Waals surface area contributed by atoms with Gasteiger partial charge in [0.25, 0.3) is 0 Å². The van der Waals surface area contributed by atoms with Gasteiger partial charge in [-0.25, -0.2) is 0 Å². The van der Waals surface area contributed by atoms with Crippen molar-refractivity contribution in [2.75, 3.05) is 19.5 Å². The fraction of sp³-hybridized carbons (Fsp3) is 0.235. The maximum atomic E-state index is 12.1. The highest BCUT2D eigenvalue weighted by Gasteiger charge is 2.30. The minimum Gasteiger partial charge on any atom is -0.493 e. The van der Waals surface area contributed by atoms with Crippen molar-refractivity contribution in [3.8, 4) is 11.5 Å². The summed E-state index contributed by atoms with van der Waals surface area (Å²) < 4.78 is 10.5. The molecule has 0 aromatic heterocycles. The van der Waals surface area contributed by atoms with Crippen molar-refractivity contribution in [3.63, 3.8) is 0 Å². The van der Waals surface area contributed by atoms with Gasteiger partial charge in [-0.05, 0) is 35.7 Å². The van der Waals surface area contributed by atoms with E-state index in [1.165, 1.54) is 0 Å². The van der Waals surface area contributed by atoms with Crippen molar-refractivity contribution < 1.29 is 14.3 Å². The molecule has 0 bridgehead atoms. The minimum atomic E-state index is -0.153. The van der Waals surface area contributed by atoms with Crippen molar-refractivity contribution in [1.29, 1.82) is 0 Å². The Bertz CT molecular complexity index is 681. The highest BCUT2D eigenvalue weighted by molar-refractivity contribution is 6.03. The Morgan fingerprint density at radius 1 is 1.05 bits per heavy atom. The summed E-state index contributed by atoms with van der Waals surface area (Å²) in [4.78, 5) is 12.1. The molecule has 1 unspecified atom stereocenters. The lowest BCUT2D eigenvalue weighted by molar-refractivity contribution is -0.117. The summed E-state index contributed by atoms with van der Waals surface area (Å²) in [5, 5.41) is 2.92. The van der Waals surface area contributed by atoms with Gasteiger partial charge < -0.3 is 14.8 Å². The number of para-hydroxylation sites is 1. The number of carbonyl (C=O) groups is 1. The largest absolute Gasteiger partial charge is 0.493 e. The van der Waals surface area contributed by atoms with E-state index in [-0.39, 0.29) is 11.8 Å². The van der Waals surface area contributed by atoms with Gasteiger partial charge in [-0.15, -0.1) is 0 Å². The van der Waals surface area contributed by atoms with Gasteiger partial charge in [-0.2, -0.15) is 0 Å². The highest BCUT2D eigenvalue weighted by atomic mass is 16.5. The third-order valence-corrected chi connectivity index (χ3v) is 3.80. The van der Waals surface area contributed by atoms with Gasteiger partial charge >= 0.3 is 0 Å². The maximum absolute atomic E-state index is 12.1. The van der Waals surface area contributed by atoms with E-state index in [1.54, 1.807) is 14.2 Å². The molecule has 2 aromatic carbocycles. The first-order valence-corrected chi connectivity index (χ1v) is 6.83. The molecule has 0 saturated heterocycles. The third kappa shape index (κ3) is 2.44. The molecule has 0 saturated carbocycles. The lowest BCUT2D eigenvalue weighted by Gasteiger charge is -2.12. The molecule has 1 aliphatic heterocycles. The lowest BCUT2D eigenvalue weighted by atomic mass is 9.93. The number of hydrogen-bond donors (Lipinski definition) is 1. The molecular formula is C17H17NO3. The van der Waals surface area contributed by atoms with Crippen molar-refractivity contribution in [3.05, 3.63) is 53.6 Å². The Hall–Kier alpha value is -2.49. The van der Waals surface area contributed by atoms with Crippen LogP contribution in [-0.4, -0.2) is 20.1 Å². The zero-order chi connectivity index (χ0) is 14.8. The summed E-state index contributed by atoms with van der Waals surface area (Å²) in [5.74, 6) is 1.27. The molecule has 4 nitrogen and oxygen atoms in total. The number of carbonyl (C=O) groups excluding carboxylic acids is 1. The number of hydrogen-bond acceptors (Lipinski definition) is 3. The van der Waals surface area contributed by atoms with Crippen molar-refractivity contribution in [2.24, 2.45) is 0 Å². The average molecular weight is 283 g/mol. The average Bonchev–Trinajstić information content (AvgIpc) is 2.83. The number of benzene rings is 2. The predicted octanol–water partition coefficient (Wildman–Crippen LogP) is 2.98. The van der Waals surface area contributed by atoms with Crippen LogP contribution in [0.2, 0.25) is 0 Å². The quantitative estimate of drug-likeness (QED) is 0.938. The number of fused-ring (bicyclic) bond motifs is 1. The normalized spacial score (nSPS) is 16.3. The number of ether oxygens (including phenoxy) is 2. The van der Waals surface area contributed by atoms with E-state index in [0.717, 1.165) is 16.8 Å². The second-order valence-electron chi connectivity index (χ2n) is 5.02. The van der Waals surface area contributed by atoms with E-state index in [9.17, 15) is 4.79 Å². The van der Waals surface area contributed by atoms with E-state index < -0.39 is 0 Å². The first-order valence-electron chi connectivity index (χ1n) is 6.83. The molecule has 3 rings (SSSR count). The number of nitrogens with one attached hydrogen (secondary N) is 1. The third-order valence-electron chi connectivity index (χ3n) is 3.80. The van der Waals surface area contributed by atoms with E-state index in [4.69, 9.17) is 9.47 Å². The van der Waals surface area contributed by atoms with Crippen LogP contribution in [0.4, 0.5) is 5.69 Å². The molecule has 1 N–H and O–H groups in total. The van der Waals surface area contributed by atoms with Crippen molar-refractivity contribution >= 4 is 11.6 Å². The Morgan fingerprint density at radius 2 is 1.81 bits per heavy atom. The number of methoxy groups -OCH3 is 2. The van der Waals surface area contributed by atoms with Crippen LogP contribution in [0.5, 0.6) is 11.5 Å². The smallest absolute Gasteiger partial charge is 0.232 e. The van der Waals surface area contributed by atoms with Crippen LogP contribution in [0.1, 0.15) is 17.0 Å². The number of rotatable bonds is 4. The molecule has 2 aromatic rings. The summed E-state index contributed by atoms with van der Waals surface area (Å²) in [7, 11) is 3.22. The van der Waals surface area contributed by atoms with Crippen LogP contribution in [0.25, 0.3) is 0 Å². The molecule has 108 valence electrons. The van der Waals surface area contributed by atoms with Gasteiger partial charge in [0.05, 0.1) is 20.1 Å². The van der Waals surface area contributed by atoms with Gasteiger partial charge in [-0.3, -0.25) is 4.79 Å². The van der Waals surface area contributed by atoms with Crippen LogP contribution >= 0.6 is 0 Å². The predicted molar refractivity (Wildman–Crippen MR) is 81.1 cm³/mol. The monoisotopic (exact) mass is 283 g/mol. The van der Waals surface area contributed by atoms with E-state index in [2.05, 4.69) is 5.32 Å². The molecule has 0 spiro atoms. The summed E-state index contributed by atoms with van der Waals surface area (Å²) in [6, 6.07) is 13.6. The minimum absolute atomic E-state index is 0.0472. The van der Waals surface area contributed by atoms with Crippen LogP contribution in [0, 0.1) is 0 Å².